The van der Waals surface area contributed by atoms with Crippen LogP contribution in [0.25, 0.3) is 5.70 Å². The van der Waals surface area contributed by atoms with Crippen LogP contribution in [0.15, 0.2) is 91.0 Å². The molecule has 3 rings (SSSR count). The number of carbonyl (C=O) groups excluding carboxylic acids is 1. The number of hydrogen-bond donors (Lipinski definition) is 1. The van der Waals surface area contributed by atoms with E-state index in [1.54, 1.807) is 18.2 Å². The first-order valence-electron chi connectivity index (χ1n) is 7.61. The van der Waals surface area contributed by atoms with Gasteiger partial charge in [0.2, 0.25) is 0 Å². The number of nitrogens with one attached hydrogen (secondary N) is 1. The lowest BCUT2D eigenvalue weighted by Gasteiger charge is -2.12. The number of benzene rings is 3. The topological polar surface area (TPSA) is 29.1 Å². The van der Waals surface area contributed by atoms with E-state index in [-0.39, 0.29) is 5.78 Å². The smallest absolute Gasteiger partial charge is 0.187 e. The second kappa shape index (κ2) is 7.62. The molecular formula is C21H16ClNO. The highest BCUT2D eigenvalue weighted by Crippen LogP contribution is 2.22. The summed E-state index contributed by atoms with van der Waals surface area (Å²) < 4.78 is 0. The van der Waals surface area contributed by atoms with Crippen molar-refractivity contribution in [2.45, 2.75) is 0 Å². The van der Waals surface area contributed by atoms with Gasteiger partial charge >= 0.3 is 0 Å². The monoisotopic (exact) mass is 333 g/mol. The van der Waals surface area contributed by atoms with Crippen molar-refractivity contribution in [3.05, 3.63) is 107 Å². The SMILES string of the molecule is O=C(/C=C(\Nc1cccc(Cl)c1)c1ccccc1)c1ccccc1. The highest BCUT2D eigenvalue weighted by molar-refractivity contribution is 6.30. The average molecular weight is 334 g/mol. The van der Waals surface area contributed by atoms with Gasteiger partial charge in [-0.1, -0.05) is 78.3 Å². The lowest BCUT2D eigenvalue weighted by atomic mass is 10.1. The fraction of sp³-hybridized carbons (Fsp3) is 0. The maximum absolute atomic E-state index is 12.5. The van der Waals surface area contributed by atoms with E-state index in [1.807, 2.05) is 72.8 Å². The normalized spacial score (nSPS) is 11.1. The van der Waals surface area contributed by atoms with Gasteiger partial charge in [0.05, 0.1) is 0 Å². The molecule has 0 saturated carbocycles. The molecule has 0 unspecified atom stereocenters. The van der Waals surface area contributed by atoms with Gasteiger partial charge in [-0.05, 0) is 23.8 Å². The van der Waals surface area contributed by atoms with Gasteiger partial charge in [-0.3, -0.25) is 4.79 Å². The van der Waals surface area contributed by atoms with Crippen LogP contribution < -0.4 is 5.32 Å². The molecule has 0 aliphatic carbocycles. The van der Waals surface area contributed by atoms with Crippen molar-refractivity contribution in [2.24, 2.45) is 0 Å². The van der Waals surface area contributed by atoms with E-state index in [4.69, 9.17) is 11.6 Å². The van der Waals surface area contributed by atoms with Gasteiger partial charge in [0.25, 0.3) is 0 Å². The Balaban J connectivity index is 1.96. The van der Waals surface area contributed by atoms with Crippen LogP contribution in [0.1, 0.15) is 15.9 Å². The summed E-state index contributed by atoms with van der Waals surface area (Å²) in [6.45, 7) is 0. The number of allylic oxidation sites excluding steroid dienone is 1. The molecule has 1 N–H and O–H groups in total. The number of anilines is 1. The van der Waals surface area contributed by atoms with E-state index in [0.717, 1.165) is 16.9 Å². The summed E-state index contributed by atoms with van der Waals surface area (Å²) in [7, 11) is 0. The summed E-state index contributed by atoms with van der Waals surface area (Å²) in [4.78, 5) is 12.5. The van der Waals surface area contributed by atoms with Gasteiger partial charge in [-0.2, -0.15) is 0 Å². The Labute approximate surface area is 146 Å². The zero-order chi connectivity index (χ0) is 16.8. The second-order valence-electron chi connectivity index (χ2n) is 5.29. The van der Waals surface area contributed by atoms with Crippen LogP contribution in [0.3, 0.4) is 0 Å². The predicted molar refractivity (Wildman–Crippen MR) is 100 cm³/mol. The molecule has 3 aromatic rings. The molecule has 3 heteroatoms. The van der Waals surface area contributed by atoms with Crippen molar-refractivity contribution >= 4 is 28.8 Å². The Hall–Kier alpha value is -2.84. The summed E-state index contributed by atoms with van der Waals surface area (Å²) in [6, 6.07) is 26.4. The van der Waals surface area contributed by atoms with Crippen LogP contribution in [-0.4, -0.2) is 5.78 Å². The van der Waals surface area contributed by atoms with Crippen molar-refractivity contribution in [2.75, 3.05) is 5.32 Å². The van der Waals surface area contributed by atoms with E-state index in [9.17, 15) is 4.79 Å². The van der Waals surface area contributed by atoms with Crippen molar-refractivity contribution < 1.29 is 4.79 Å². The van der Waals surface area contributed by atoms with Crippen molar-refractivity contribution in [3.8, 4) is 0 Å². The third-order valence-corrected chi connectivity index (χ3v) is 3.76. The third-order valence-electron chi connectivity index (χ3n) is 3.52. The van der Waals surface area contributed by atoms with Crippen molar-refractivity contribution in [3.63, 3.8) is 0 Å². The summed E-state index contributed by atoms with van der Waals surface area (Å²) in [5, 5.41) is 3.93. The van der Waals surface area contributed by atoms with Gasteiger partial charge in [0.15, 0.2) is 5.78 Å². The minimum atomic E-state index is -0.0519. The Morgan fingerprint density at radius 3 is 2.04 bits per heavy atom. The zero-order valence-corrected chi connectivity index (χ0v) is 13.7. The van der Waals surface area contributed by atoms with Crippen molar-refractivity contribution in [1.29, 1.82) is 0 Å². The molecule has 0 fully saturated rings. The van der Waals surface area contributed by atoms with Crippen LogP contribution in [0, 0.1) is 0 Å². The van der Waals surface area contributed by atoms with Gasteiger partial charge in [-0.25, -0.2) is 0 Å². The van der Waals surface area contributed by atoms with Gasteiger partial charge in [-0.15, -0.1) is 0 Å². The molecule has 0 heterocycles. The van der Waals surface area contributed by atoms with Crippen LogP contribution in [0.4, 0.5) is 5.69 Å². The highest BCUT2D eigenvalue weighted by atomic mass is 35.5. The predicted octanol–water partition coefficient (Wildman–Crippen LogP) is 5.68. The molecule has 3 aromatic carbocycles. The maximum Gasteiger partial charge on any atom is 0.187 e. The largest absolute Gasteiger partial charge is 0.355 e. The number of rotatable bonds is 5. The molecule has 0 aromatic heterocycles. The number of hydrogen-bond acceptors (Lipinski definition) is 2. The fourth-order valence-corrected chi connectivity index (χ4v) is 2.54. The lowest BCUT2D eigenvalue weighted by Crippen LogP contribution is -2.03. The highest BCUT2D eigenvalue weighted by Gasteiger charge is 2.07. The summed E-state index contributed by atoms with van der Waals surface area (Å²) in [6.07, 6.45) is 1.62. The second-order valence-corrected chi connectivity index (χ2v) is 5.73. The Bertz CT molecular complexity index is 857. The standard InChI is InChI=1S/C21H16ClNO/c22-18-12-7-13-19(14-18)23-20(16-8-3-1-4-9-16)15-21(24)17-10-5-2-6-11-17/h1-15,23H/b20-15-. The third kappa shape index (κ3) is 4.12. The minimum Gasteiger partial charge on any atom is -0.355 e. The molecule has 24 heavy (non-hydrogen) atoms. The summed E-state index contributed by atoms with van der Waals surface area (Å²) >= 11 is 6.05. The summed E-state index contributed by atoms with van der Waals surface area (Å²) in [5.41, 5.74) is 3.14. The molecule has 0 amide bonds. The first-order chi connectivity index (χ1) is 11.7. The molecule has 0 saturated heterocycles. The Morgan fingerprint density at radius 2 is 1.42 bits per heavy atom. The molecule has 0 atom stereocenters. The quantitative estimate of drug-likeness (QED) is 0.481. The Morgan fingerprint density at radius 1 is 0.792 bits per heavy atom. The van der Waals surface area contributed by atoms with Crippen LogP contribution in [0.5, 0.6) is 0 Å². The maximum atomic E-state index is 12.5. The minimum absolute atomic E-state index is 0.0519. The number of carbonyl (C=O) groups is 1. The number of halogens is 1. The van der Waals surface area contributed by atoms with E-state index >= 15 is 0 Å². The van der Waals surface area contributed by atoms with Crippen LogP contribution >= 0.6 is 11.6 Å². The van der Waals surface area contributed by atoms with E-state index in [0.29, 0.717) is 10.6 Å². The first-order valence-corrected chi connectivity index (χ1v) is 7.99. The molecule has 0 spiro atoms. The fourth-order valence-electron chi connectivity index (χ4n) is 2.35. The molecule has 0 aliphatic heterocycles. The van der Waals surface area contributed by atoms with Gasteiger partial charge in [0, 0.05) is 28.0 Å². The summed E-state index contributed by atoms with van der Waals surface area (Å²) in [5.74, 6) is -0.0519. The van der Waals surface area contributed by atoms with E-state index in [1.165, 1.54) is 0 Å². The molecule has 0 radical (unpaired) electrons. The lowest BCUT2D eigenvalue weighted by molar-refractivity contribution is 0.104. The Kier molecular flexibility index (Phi) is 5.09. The molecule has 0 aliphatic rings. The van der Waals surface area contributed by atoms with E-state index in [2.05, 4.69) is 5.32 Å². The average Bonchev–Trinajstić information content (AvgIpc) is 2.63. The molecule has 2 nitrogen and oxygen atoms in total. The van der Waals surface area contributed by atoms with Gasteiger partial charge < -0.3 is 5.32 Å². The zero-order valence-electron chi connectivity index (χ0n) is 12.9. The molecular weight excluding hydrogens is 318 g/mol. The van der Waals surface area contributed by atoms with Crippen LogP contribution in [-0.2, 0) is 0 Å². The van der Waals surface area contributed by atoms with Crippen LogP contribution in [0.2, 0.25) is 5.02 Å². The van der Waals surface area contributed by atoms with Crippen molar-refractivity contribution in [1.82, 2.24) is 0 Å². The molecule has 0 bridgehead atoms. The molecule has 118 valence electrons. The van der Waals surface area contributed by atoms with E-state index < -0.39 is 0 Å². The number of ketones is 1. The van der Waals surface area contributed by atoms with Gasteiger partial charge in [0.1, 0.15) is 0 Å². The first kappa shape index (κ1) is 16.0.